The molecule has 2 nitrogen and oxygen atoms in total. The molecule has 0 aromatic carbocycles. The maximum atomic E-state index is 5.44. The molecular weight excluding hydrogens is 124 g/mol. The van der Waals surface area contributed by atoms with Crippen LogP contribution in [0, 0.1) is 0 Å². The fraction of sp³-hybridized carbons (Fsp3) is 0.375. The van der Waals surface area contributed by atoms with E-state index < -0.39 is 0 Å². The molecule has 0 heterocycles. The summed E-state index contributed by atoms with van der Waals surface area (Å²) in [6.45, 7) is 11.8. The Bertz CT molecular complexity index is 162. The molecule has 0 saturated heterocycles. The van der Waals surface area contributed by atoms with Gasteiger partial charge in [0.25, 0.3) is 0 Å². The first-order valence-corrected chi connectivity index (χ1v) is 3.24. The van der Waals surface area contributed by atoms with Gasteiger partial charge in [-0.3, -0.25) is 4.99 Å². The molecule has 0 aliphatic carbocycles. The normalized spacial score (nSPS) is 11.2. The maximum Gasteiger partial charge on any atom is 0.0820 e. The molecule has 0 unspecified atom stereocenters. The Morgan fingerprint density at radius 1 is 1.50 bits per heavy atom. The summed E-state index contributed by atoms with van der Waals surface area (Å²) >= 11 is 0. The minimum Gasteiger partial charge on any atom is -0.397 e. The van der Waals surface area contributed by atoms with Crippen molar-refractivity contribution in [3.05, 3.63) is 24.4 Å². The predicted octanol–water partition coefficient (Wildman–Crippen LogP) is 1.50. The first-order valence-electron chi connectivity index (χ1n) is 3.24. The van der Waals surface area contributed by atoms with E-state index in [4.69, 9.17) is 5.73 Å². The van der Waals surface area contributed by atoms with Crippen molar-refractivity contribution in [2.75, 3.05) is 6.54 Å². The van der Waals surface area contributed by atoms with Gasteiger partial charge in [0.15, 0.2) is 0 Å². The minimum atomic E-state index is 0.495. The molecule has 0 aromatic rings. The average Bonchev–Trinajstić information content (AvgIpc) is 1.81. The van der Waals surface area contributed by atoms with Gasteiger partial charge in [-0.05, 0) is 19.4 Å². The first kappa shape index (κ1) is 8.95. The van der Waals surface area contributed by atoms with Gasteiger partial charge in [0.05, 0.1) is 5.71 Å². The van der Waals surface area contributed by atoms with E-state index in [1.165, 1.54) is 0 Å². The summed E-state index contributed by atoms with van der Waals surface area (Å²) in [5.74, 6) is 0. The molecule has 2 heteroatoms. The smallest absolute Gasteiger partial charge is 0.0820 e. The highest BCUT2D eigenvalue weighted by molar-refractivity contribution is 6.10. The lowest BCUT2D eigenvalue weighted by Gasteiger charge is -2.02. The lowest BCUT2D eigenvalue weighted by atomic mass is 10.2. The Hall–Kier alpha value is -1.05. The average molecular weight is 138 g/mol. The first-order chi connectivity index (χ1) is 4.59. The van der Waals surface area contributed by atoms with Crippen LogP contribution < -0.4 is 5.73 Å². The van der Waals surface area contributed by atoms with Crippen molar-refractivity contribution in [2.45, 2.75) is 13.8 Å². The van der Waals surface area contributed by atoms with Crippen LogP contribution in [0.1, 0.15) is 13.8 Å². The molecule has 10 heavy (non-hydrogen) atoms. The van der Waals surface area contributed by atoms with Crippen LogP contribution in [0.3, 0.4) is 0 Å². The lowest BCUT2D eigenvalue weighted by Crippen LogP contribution is -2.11. The summed E-state index contributed by atoms with van der Waals surface area (Å²) in [4.78, 5) is 4.12. The number of rotatable bonds is 3. The van der Waals surface area contributed by atoms with Crippen LogP contribution in [0.2, 0.25) is 0 Å². The Balaban J connectivity index is 4.42. The van der Waals surface area contributed by atoms with Gasteiger partial charge in [0.2, 0.25) is 0 Å². The largest absolute Gasteiger partial charge is 0.397 e. The molecule has 0 saturated carbocycles. The zero-order valence-electron chi connectivity index (χ0n) is 6.65. The Morgan fingerprint density at radius 2 is 2.00 bits per heavy atom. The molecule has 0 aromatic heterocycles. The van der Waals surface area contributed by atoms with Crippen LogP contribution in [0.5, 0.6) is 0 Å². The van der Waals surface area contributed by atoms with E-state index in [0.717, 1.165) is 17.8 Å². The standard InChI is InChI=1S/C8H14N2/c1-5-10-8(6(2)3)7(4)9/h2,4-5,9H2,1,3H3. The summed E-state index contributed by atoms with van der Waals surface area (Å²) in [5, 5.41) is 0. The third kappa shape index (κ3) is 2.49. The highest BCUT2D eigenvalue weighted by Crippen LogP contribution is 1.98. The van der Waals surface area contributed by atoms with Gasteiger partial charge >= 0.3 is 0 Å². The van der Waals surface area contributed by atoms with Gasteiger partial charge in [0, 0.05) is 12.2 Å². The summed E-state index contributed by atoms with van der Waals surface area (Å²) in [6, 6.07) is 0. The Morgan fingerprint density at radius 3 is 2.10 bits per heavy atom. The topological polar surface area (TPSA) is 38.4 Å². The molecular formula is C8H14N2. The van der Waals surface area contributed by atoms with E-state index in [0.29, 0.717) is 5.70 Å². The van der Waals surface area contributed by atoms with Crippen molar-refractivity contribution >= 4 is 5.71 Å². The second-order valence-electron chi connectivity index (χ2n) is 2.13. The molecule has 0 aliphatic rings. The van der Waals surface area contributed by atoms with Crippen LogP contribution in [0.15, 0.2) is 29.4 Å². The van der Waals surface area contributed by atoms with Crippen LogP contribution in [0.25, 0.3) is 0 Å². The fourth-order valence-corrected chi connectivity index (χ4v) is 0.669. The van der Waals surface area contributed by atoms with Crippen molar-refractivity contribution in [3.63, 3.8) is 0 Å². The quantitative estimate of drug-likeness (QED) is 0.589. The molecule has 0 spiro atoms. The van der Waals surface area contributed by atoms with E-state index in [1.54, 1.807) is 0 Å². The molecule has 0 amide bonds. The number of hydrogen-bond acceptors (Lipinski definition) is 2. The van der Waals surface area contributed by atoms with E-state index >= 15 is 0 Å². The Labute approximate surface area is 62.1 Å². The third-order valence-electron chi connectivity index (χ3n) is 1.02. The second-order valence-corrected chi connectivity index (χ2v) is 2.13. The van der Waals surface area contributed by atoms with Crippen LogP contribution in [-0.2, 0) is 0 Å². The second kappa shape index (κ2) is 3.88. The third-order valence-corrected chi connectivity index (χ3v) is 1.02. The van der Waals surface area contributed by atoms with Gasteiger partial charge < -0.3 is 5.73 Å². The molecule has 0 aliphatic heterocycles. The SMILES string of the molecule is C=C(C)C(=NCC)C(=C)N. The summed E-state index contributed by atoms with van der Waals surface area (Å²) in [5.41, 5.74) is 7.54. The number of aliphatic imine (C=N–C) groups is 1. The van der Waals surface area contributed by atoms with Crippen molar-refractivity contribution in [2.24, 2.45) is 10.7 Å². The maximum absolute atomic E-state index is 5.44. The van der Waals surface area contributed by atoms with Gasteiger partial charge in [-0.25, -0.2) is 0 Å². The lowest BCUT2D eigenvalue weighted by molar-refractivity contribution is 1.12. The van der Waals surface area contributed by atoms with Gasteiger partial charge in [0.1, 0.15) is 0 Å². The monoisotopic (exact) mass is 138 g/mol. The van der Waals surface area contributed by atoms with Crippen molar-refractivity contribution in [1.82, 2.24) is 0 Å². The zero-order chi connectivity index (χ0) is 8.15. The molecule has 0 rings (SSSR count). The van der Waals surface area contributed by atoms with Gasteiger partial charge in [-0.15, -0.1) is 0 Å². The number of nitrogens with two attached hydrogens (primary N) is 1. The van der Waals surface area contributed by atoms with Gasteiger partial charge in [-0.1, -0.05) is 13.2 Å². The van der Waals surface area contributed by atoms with Crippen molar-refractivity contribution in [1.29, 1.82) is 0 Å². The van der Waals surface area contributed by atoms with Crippen molar-refractivity contribution < 1.29 is 0 Å². The van der Waals surface area contributed by atoms with Crippen LogP contribution >= 0.6 is 0 Å². The molecule has 0 radical (unpaired) electrons. The predicted molar refractivity (Wildman–Crippen MR) is 46.1 cm³/mol. The van der Waals surface area contributed by atoms with Crippen LogP contribution in [0.4, 0.5) is 0 Å². The molecule has 0 bridgehead atoms. The summed E-state index contributed by atoms with van der Waals surface area (Å²) in [6.07, 6.45) is 0. The number of nitrogens with zero attached hydrogens (tertiary/aromatic N) is 1. The molecule has 0 atom stereocenters. The highest BCUT2D eigenvalue weighted by Gasteiger charge is 1.98. The fourth-order valence-electron chi connectivity index (χ4n) is 0.669. The zero-order valence-corrected chi connectivity index (χ0v) is 6.65. The van der Waals surface area contributed by atoms with Crippen LogP contribution in [-0.4, -0.2) is 12.3 Å². The van der Waals surface area contributed by atoms with E-state index in [1.807, 2.05) is 13.8 Å². The van der Waals surface area contributed by atoms with Gasteiger partial charge in [-0.2, -0.15) is 0 Å². The van der Waals surface area contributed by atoms with E-state index in [9.17, 15) is 0 Å². The molecule has 2 N–H and O–H groups in total. The summed E-state index contributed by atoms with van der Waals surface area (Å²) in [7, 11) is 0. The van der Waals surface area contributed by atoms with E-state index in [-0.39, 0.29) is 0 Å². The molecule has 56 valence electrons. The summed E-state index contributed by atoms with van der Waals surface area (Å²) < 4.78 is 0. The highest BCUT2D eigenvalue weighted by atomic mass is 14.8. The Kier molecular flexibility index (Phi) is 3.47. The van der Waals surface area contributed by atoms with E-state index in [2.05, 4.69) is 18.2 Å². The van der Waals surface area contributed by atoms with Crippen molar-refractivity contribution in [3.8, 4) is 0 Å². The number of allylic oxidation sites excluding steroid dienone is 1. The number of hydrogen-bond donors (Lipinski definition) is 1. The molecule has 0 fully saturated rings. The minimum absolute atomic E-state index is 0.495.